The van der Waals surface area contributed by atoms with Gasteiger partial charge in [-0.3, -0.25) is 4.79 Å². The first-order valence-corrected chi connectivity index (χ1v) is 8.74. The number of quaternary nitrogens is 2. The van der Waals surface area contributed by atoms with Gasteiger partial charge >= 0.3 is 0 Å². The third-order valence-electron chi connectivity index (χ3n) is 4.72. The summed E-state index contributed by atoms with van der Waals surface area (Å²) in [6.45, 7) is 7.90. The van der Waals surface area contributed by atoms with Crippen LogP contribution >= 0.6 is 0 Å². The molecule has 3 rings (SSSR count). The second kappa shape index (κ2) is 8.13. The van der Waals surface area contributed by atoms with Crippen LogP contribution in [0.5, 0.6) is 0 Å². The van der Waals surface area contributed by atoms with E-state index >= 15 is 0 Å². The molecule has 0 spiro atoms. The Morgan fingerprint density at radius 1 is 1.08 bits per heavy atom. The third-order valence-corrected chi connectivity index (χ3v) is 4.72. The van der Waals surface area contributed by atoms with Crippen molar-refractivity contribution in [3.05, 3.63) is 60.1 Å². The van der Waals surface area contributed by atoms with E-state index in [1.807, 2.05) is 19.1 Å². The van der Waals surface area contributed by atoms with Crippen molar-refractivity contribution in [3.8, 4) is 0 Å². The first kappa shape index (κ1) is 16.7. The normalized spacial score (nSPS) is 22.0. The Hall–Kier alpha value is -2.11. The highest BCUT2D eigenvalue weighted by molar-refractivity contribution is 5.77. The SMILES string of the molecule is C[C@@H](NC(=O)C[NH+]1CC[NH+](Cc2ccccc2)CC1)c1ccco1. The molecule has 1 aliphatic rings. The van der Waals surface area contributed by atoms with E-state index in [0.29, 0.717) is 6.54 Å². The van der Waals surface area contributed by atoms with Gasteiger partial charge in [-0.25, -0.2) is 0 Å². The Morgan fingerprint density at radius 2 is 1.79 bits per heavy atom. The predicted octanol–water partition coefficient (Wildman–Crippen LogP) is -0.560. The van der Waals surface area contributed by atoms with Gasteiger partial charge in [0.2, 0.25) is 0 Å². The van der Waals surface area contributed by atoms with Crippen LogP contribution in [0.2, 0.25) is 0 Å². The van der Waals surface area contributed by atoms with Crippen molar-refractivity contribution in [1.29, 1.82) is 0 Å². The number of furan rings is 1. The van der Waals surface area contributed by atoms with E-state index in [1.165, 1.54) is 10.5 Å². The molecule has 2 aromatic rings. The van der Waals surface area contributed by atoms with Gasteiger partial charge in [-0.05, 0) is 19.1 Å². The summed E-state index contributed by atoms with van der Waals surface area (Å²) in [5, 5.41) is 3.02. The molecule has 2 heterocycles. The standard InChI is InChI=1S/C19H25N3O2/c1-16(18-8-5-13-24-18)20-19(23)15-22-11-9-21(10-12-22)14-17-6-3-2-4-7-17/h2-8,13,16H,9-12,14-15H2,1H3,(H,20,23)/p+2/t16-/m1/s1. The summed E-state index contributed by atoms with van der Waals surface area (Å²) in [5.41, 5.74) is 1.39. The molecule has 24 heavy (non-hydrogen) atoms. The van der Waals surface area contributed by atoms with Crippen molar-refractivity contribution in [3.63, 3.8) is 0 Å². The number of amides is 1. The maximum atomic E-state index is 12.2. The molecule has 0 bridgehead atoms. The van der Waals surface area contributed by atoms with Crippen LogP contribution in [0.4, 0.5) is 0 Å². The minimum Gasteiger partial charge on any atom is -0.467 e. The molecule has 0 radical (unpaired) electrons. The van der Waals surface area contributed by atoms with Crippen LogP contribution in [0.3, 0.4) is 0 Å². The van der Waals surface area contributed by atoms with Gasteiger partial charge in [0.05, 0.1) is 12.3 Å². The van der Waals surface area contributed by atoms with Crippen molar-refractivity contribution in [2.24, 2.45) is 0 Å². The average molecular weight is 329 g/mol. The first-order valence-electron chi connectivity index (χ1n) is 8.74. The average Bonchev–Trinajstić information content (AvgIpc) is 3.12. The number of hydrogen-bond donors (Lipinski definition) is 3. The lowest BCUT2D eigenvalue weighted by atomic mass is 10.2. The van der Waals surface area contributed by atoms with Gasteiger partial charge in [-0.15, -0.1) is 0 Å². The quantitative estimate of drug-likeness (QED) is 0.666. The van der Waals surface area contributed by atoms with Gasteiger partial charge in [0.15, 0.2) is 6.54 Å². The summed E-state index contributed by atoms with van der Waals surface area (Å²) in [6, 6.07) is 14.3. The predicted molar refractivity (Wildman–Crippen MR) is 91.7 cm³/mol. The second-order valence-electron chi connectivity index (χ2n) is 6.64. The highest BCUT2D eigenvalue weighted by atomic mass is 16.3. The molecule has 0 saturated carbocycles. The van der Waals surface area contributed by atoms with Gasteiger partial charge in [0.25, 0.3) is 5.91 Å². The number of piperazine rings is 1. The molecule has 1 aliphatic heterocycles. The topological polar surface area (TPSA) is 51.1 Å². The molecular formula is C19H27N3O2+2. The Morgan fingerprint density at radius 3 is 2.46 bits per heavy atom. The molecule has 0 aliphatic carbocycles. The Labute approximate surface area is 143 Å². The fourth-order valence-corrected chi connectivity index (χ4v) is 3.32. The highest BCUT2D eigenvalue weighted by Crippen LogP contribution is 2.11. The molecule has 1 amide bonds. The van der Waals surface area contributed by atoms with Gasteiger partial charge in [-0.2, -0.15) is 0 Å². The summed E-state index contributed by atoms with van der Waals surface area (Å²) in [6.07, 6.45) is 1.64. The van der Waals surface area contributed by atoms with Gasteiger partial charge in [0.1, 0.15) is 38.5 Å². The van der Waals surface area contributed by atoms with Crippen LogP contribution in [0, 0.1) is 0 Å². The first-order chi connectivity index (χ1) is 11.7. The molecular weight excluding hydrogens is 302 g/mol. The van der Waals surface area contributed by atoms with E-state index in [4.69, 9.17) is 4.42 Å². The maximum Gasteiger partial charge on any atom is 0.275 e. The zero-order valence-corrected chi connectivity index (χ0v) is 14.3. The third kappa shape index (κ3) is 4.69. The van der Waals surface area contributed by atoms with E-state index in [9.17, 15) is 4.79 Å². The largest absolute Gasteiger partial charge is 0.467 e. The molecule has 128 valence electrons. The van der Waals surface area contributed by atoms with E-state index in [2.05, 4.69) is 35.6 Å². The molecule has 1 saturated heterocycles. The fourth-order valence-electron chi connectivity index (χ4n) is 3.32. The van der Waals surface area contributed by atoms with Crippen LogP contribution in [-0.4, -0.2) is 38.6 Å². The lowest BCUT2D eigenvalue weighted by Crippen LogP contribution is -3.28. The summed E-state index contributed by atoms with van der Waals surface area (Å²) >= 11 is 0. The summed E-state index contributed by atoms with van der Waals surface area (Å²) in [5.74, 6) is 0.899. The van der Waals surface area contributed by atoms with E-state index < -0.39 is 0 Å². The molecule has 1 fully saturated rings. The van der Waals surface area contributed by atoms with Crippen LogP contribution in [0.15, 0.2) is 53.1 Å². The Bertz CT molecular complexity index is 619. The van der Waals surface area contributed by atoms with Crippen LogP contribution in [0.25, 0.3) is 0 Å². The van der Waals surface area contributed by atoms with Crippen molar-refractivity contribution < 1.29 is 19.0 Å². The molecule has 5 nitrogen and oxygen atoms in total. The lowest BCUT2D eigenvalue weighted by molar-refractivity contribution is -1.02. The molecule has 1 aromatic heterocycles. The molecule has 3 N–H and O–H groups in total. The smallest absolute Gasteiger partial charge is 0.275 e. The van der Waals surface area contributed by atoms with Crippen LogP contribution in [-0.2, 0) is 11.3 Å². The lowest BCUT2D eigenvalue weighted by Gasteiger charge is -2.29. The minimum absolute atomic E-state index is 0.0723. The minimum atomic E-state index is -0.0723. The van der Waals surface area contributed by atoms with Gasteiger partial charge < -0.3 is 19.5 Å². The van der Waals surface area contributed by atoms with Crippen molar-refractivity contribution in [2.75, 3.05) is 32.7 Å². The molecule has 1 atom stereocenters. The fraction of sp³-hybridized carbons (Fsp3) is 0.421. The van der Waals surface area contributed by atoms with E-state index in [-0.39, 0.29) is 11.9 Å². The van der Waals surface area contributed by atoms with Crippen molar-refractivity contribution in [2.45, 2.75) is 19.5 Å². The zero-order chi connectivity index (χ0) is 16.8. The van der Waals surface area contributed by atoms with Gasteiger partial charge in [0, 0.05) is 5.56 Å². The van der Waals surface area contributed by atoms with Crippen LogP contribution < -0.4 is 15.1 Å². The Kier molecular flexibility index (Phi) is 5.67. The van der Waals surface area contributed by atoms with E-state index in [1.54, 1.807) is 11.2 Å². The molecule has 1 aromatic carbocycles. The number of carbonyl (C=O) groups excluding carboxylic acids is 1. The summed E-state index contributed by atoms with van der Waals surface area (Å²) in [7, 11) is 0. The second-order valence-corrected chi connectivity index (χ2v) is 6.64. The van der Waals surface area contributed by atoms with Crippen LogP contribution in [0.1, 0.15) is 24.3 Å². The van der Waals surface area contributed by atoms with Crippen molar-refractivity contribution >= 4 is 5.91 Å². The monoisotopic (exact) mass is 329 g/mol. The number of carbonyl (C=O) groups is 1. The molecule has 0 unspecified atom stereocenters. The number of rotatable bonds is 6. The number of benzene rings is 1. The van der Waals surface area contributed by atoms with Crippen molar-refractivity contribution in [1.82, 2.24) is 5.32 Å². The maximum absolute atomic E-state index is 12.2. The summed E-state index contributed by atoms with van der Waals surface area (Å²) in [4.78, 5) is 15.2. The summed E-state index contributed by atoms with van der Waals surface area (Å²) < 4.78 is 5.33. The number of nitrogens with one attached hydrogen (secondary N) is 3. The highest BCUT2D eigenvalue weighted by Gasteiger charge is 2.25. The number of hydrogen-bond acceptors (Lipinski definition) is 2. The Balaban J connectivity index is 1.39. The van der Waals surface area contributed by atoms with Gasteiger partial charge in [-0.1, -0.05) is 30.3 Å². The molecule has 5 heteroatoms. The van der Waals surface area contributed by atoms with E-state index in [0.717, 1.165) is 38.5 Å². The zero-order valence-electron chi connectivity index (χ0n) is 14.3.